The summed E-state index contributed by atoms with van der Waals surface area (Å²) in [5.74, 6) is 0.784. The van der Waals surface area contributed by atoms with Crippen molar-refractivity contribution in [2.45, 2.75) is 11.8 Å². The molecule has 0 saturated heterocycles. The molecule has 1 aromatic carbocycles. The summed E-state index contributed by atoms with van der Waals surface area (Å²) in [6, 6.07) is 11.4. The number of thioether (sulfide) groups is 1. The fourth-order valence-electron chi connectivity index (χ4n) is 1.41. The van der Waals surface area contributed by atoms with E-state index in [1.807, 2.05) is 31.2 Å². The van der Waals surface area contributed by atoms with E-state index in [0.717, 1.165) is 4.90 Å². The maximum Gasteiger partial charge on any atom is 0.235 e. The van der Waals surface area contributed by atoms with E-state index in [1.54, 1.807) is 12.1 Å². The van der Waals surface area contributed by atoms with Crippen LogP contribution in [0.3, 0.4) is 0 Å². The van der Waals surface area contributed by atoms with E-state index >= 15 is 0 Å². The molecule has 0 aliphatic heterocycles. The van der Waals surface area contributed by atoms with E-state index in [0.29, 0.717) is 16.6 Å². The Bertz CT molecular complexity index is 555. The van der Waals surface area contributed by atoms with Gasteiger partial charge in [0.2, 0.25) is 5.91 Å². The maximum absolute atomic E-state index is 11.7. The molecule has 0 atom stereocenters. The van der Waals surface area contributed by atoms with Gasteiger partial charge >= 0.3 is 0 Å². The first-order valence-corrected chi connectivity index (χ1v) is 7.11. The number of rotatable bonds is 4. The van der Waals surface area contributed by atoms with Crippen LogP contribution in [0.25, 0.3) is 0 Å². The monoisotopic (exact) mass is 292 g/mol. The van der Waals surface area contributed by atoms with Crippen molar-refractivity contribution in [3.63, 3.8) is 0 Å². The van der Waals surface area contributed by atoms with Crippen molar-refractivity contribution in [3.8, 4) is 0 Å². The van der Waals surface area contributed by atoms with Crippen LogP contribution in [0.5, 0.6) is 0 Å². The third kappa shape index (κ3) is 4.58. The minimum Gasteiger partial charge on any atom is -0.310 e. The summed E-state index contributed by atoms with van der Waals surface area (Å²) in [6.07, 6.45) is 1.50. The molecule has 19 heavy (non-hydrogen) atoms. The van der Waals surface area contributed by atoms with Crippen molar-refractivity contribution < 1.29 is 4.79 Å². The second-order valence-corrected chi connectivity index (χ2v) is 5.50. The highest BCUT2D eigenvalue weighted by molar-refractivity contribution is 8.00. The molecular formula is C14H13ClN2OS. The lowest BCUT2D eigenvalue weighted by atomic mass is 10.2. The van der Waals surface area contributed by atoms with E-state index in [1.165, 1.54) is 23.5 Å². The number of carbonyl (C=O) groups excluding carboxylic acids is 1. The molecule has 1 amide bonds. The van der Waals surface area contributed by atoms with Crippen molar-refractivity contribution in [3.05, 3.63) is 53.2 Å². The summed E-state index contributed by atoms with van der Waals surface area (Å²) >= 11 is 7.22. The van der Waals surface area contributed by atoms with Gasteiger partial charge in [0, 0.05) is 11.1 Å². The lowest BCUT2D eigenvalue weighted by molar-refractivity contribution is -0.113. The third-order valence-corrected chi connectivity index (χ3v) is 3.62. The summed E-state index contributed by atoms with van der Waals surface area (Å²) < 4.78 is 0. The number of aryl methyl sites for hydroxylation is 1. The average Bonchev–Trinajstić information content (AvgIpc) is 2.41. The van der Waals surface area contributed by atoms with Gasteiger partial charge in [-0.15, -0.1) is 11.8 Å². The molecule has 0 unspecified atom stereocenters. The van der Waals surface area contributed by atoms with Crippen LogP contribution in [0.4, 0.5) is 5.82 Å². The quantitative estimate of drug-likeness (QED) is 0.872. The second-order valence-electron chi connectivity index (χ2n) is 4.01. The highest BCUT2D eigenvalue weighted by Crippen LogP contribution is 2.18. The Morgan fingerprint density at radius 1 is 1.26 bits per heavy atom. The Morgan fingerprint density at radius 3 is 2.63 bits per heavy atom. The Labute approximate surface area is 121 Å². The van der Waals surface area contributed by atoms with Crippen LogP contribution in [0, 0.1) is 6.92 Å². The second kappa shape index (κ2) is 6.59. The molecule has 0 bridgehead atoms. The number of hydrogen-bond donors (Lipinski definition) is 1. The van der Waals surface area contributed by atoms with E-state index in [9.17, 15) is 4.79 Å². The van der Waals surface area contributed by atoms with Gasteiger partial charge in [0.05, 0.1) is 10.8 Å². The average molecular weight is 293 g/mol. The summed E-state index contributed by atoms with van der Waals surface area (Å²) in [5, 5.41) is 3.27. The van der Waals surface area contributed by atoms with E-state index < -0.39 is 0 Å². The molecule has 1 N–H and O–H groups in total. The fourth-order valence-corrected chi connectivity index (χ4v) is 2.22. The first-order valence-electron chi connectivity index (χ1n) is 5.74. The zero-order valence-corrected chi connectivity index (χ0v) is 12.0. The molecular weight excluding hydrogens is 280 g/mol. The topological polar surface area (TPSA) is 42.0 Å². The Hall–Kier alpha value is -1.52. The van der Waals surface area contributed by atoms with E-state index in [2.05, 4.69) is 10.3 Å². The van der Waals surface area contributed by atoms with E-state index in [-0.39, 0.29) is 5.91 Å². The van der Waals surface area contributed by atoms with Crippen molar-refractivity contribution >= 4 is 35.1 Å². The van der Waals surface area contributed by atoms with Crippen molar-refractivity contribution in [1.29, 1.82) is 0 Å². The Balaban J connectivity index is 1.84. The van der Waals surface area contributed by atoms with E-state index in [4.69, 9.17) is 11.6 Å². The first-order chi connectivity index (χ1) is 9.13. The van der Waals surface area contributed by atoms with Gasteiger partial charge in [-0.2, -0.15) is 0 Å². The number of pyridine rings is 1. The molecule has 2 aromatic rings. The molecule has 3 nitrogen and oxygen atoms in total. The molecule has 0 saturated carbocycles. The summed E-state index contributed by atoms with van der Waals surface area (Å²) in [4.78, 5) is 16.8. The number of benzene rings is 1. The largest absolute Gasteiger partial charge is 0.310 e. The molecule has 0 aliphatic rings. The van der Waals surface area contributed by atoms with Crippen LogP contribution >= 0.6 is 23.4 Å². The number of amides is 1. The zero-order valence-electron chi connectivity index (χ0n) is 10.4. The van der Waals surface area contributed by atoms with Crippen LogP contribution < -0.4 is 5.32 Å². The number of hydrogen-bond acceptors (Lipinski definition) is 3. The molecule has 5 heteroatoms. The lowest BCUT2D eigenvalue weighted by Crippen LogP contribution is -2.14. The Morgan fingerprint density at radius 2 is 2.00 bits per heavy atom. The number of nitrogens with zero attached hydrogens (tertiary/aromatic N) is 1. The molecule has 0 radical (unpaired) electrons. The third-order valence-electron chi connectivity index (χ3n) is 2.39. The summed E-state index contributed by atoms with van der Waals surface area (Å²) in [6.45, 7) is 2.04. The minimum atomic E-state index is -0.0830. The molecule has 0 spiro atoms. The standard InChI is InChI=1S/C14H13ClN2OS/c1-10-2-5-12(6-3-10)19-9-14(18)17-13-7-4-11(15)8-16-13/h2-8H,9H2,1H3,(H,16,17,18). The van der Waals surface area contributed by atoms with Gasteiger partial charge in [0.15, 0.2) is 0 Å². The number of nitrogens with one attached hydrogen (secondary N) is 1. The number of aromatic nitrogens is 1. The molecule has 0 fully saturated rings. The number of carbonyl (C=O) groups is 1. The number of halogens is 1. The first kappa shape index (κ1) is 13.9. The SMILES string of the molecule is Cc1ccc(SCC(=O)Nc2ccc(Cl)cn2)cc1. The molecule has 98 valence electrons. The molecule has 0 aliphatic carbocycles. The maximum atomic E-state index is 11.7. The van der Waals surface area contributed by atoms with Crippen LogP contribution in [-0.4, -0.2) is 16.6 Å². The van der Waals surface area contributed by atoms with Gasteiger partial charge in [0.25, 0.3) is 0 Å². The van der Waals surface area contributed by atoms with Gasteiger partial charge in [0.1, 0.15) is 5.82 Å². The predicted octanol–water partition coefficient (Wildman–Crippen LogP) is 3.77. The lowest BCUT2D eigenvalue weighted by Gasteiger charge is -2.04. The van der Waals surface area contributed by atoms with Crippen LogP contribution in [0.2, 0.25) is 5.02 Å². The van der Waals surface area contributed by atoms with Gasteiger partial charge < -0.3 is 5.32 Å². The summed E-state index contributed by atoms with van der Waals surface area (Å²) in [5.41, 5.74) is 1.21. The van der Waals surface area contributed by atoms with Crippen LogP contribution in [-0.2, 0) is 4.79 Å². The highest BCUT2D eigenvalue weighted by Gasteiger charge is 2.04. The molecule has 1 heterocycles. The highest BCUT2D eigenvalue weighted by atomic mass is 35.5. The smallest absolute Gasteiger partial charge is 0.235 e. The normalized spacial score (nSPS) is 10.2. The van der Waals surface area contributed by atoms with Crippen LogP contribution in [0.1, 0.15) is 5.56 Å². The van der Waals surface area contributed by atoms with Crippen LogP contribution in [0.15, 0.2) is 47.5 Å². The Kier molecular flexibility index (Phi) is 4.82. The molecule has 2 rings (SSSR count). The van der Waals surface area contributed by atoms with Crippen molar-refractivity contribution in [2.75, 3.05) is 11.1 Å². The van der Waals surface area contributed by atoms with Crippen molar-refractivity contribution in [1.82, 2.24) is 4.98 Å². The van der Waals surface area contributed by atoms with Crippen molar-refractivity contribution in [2.24, 2.45) is 0 Å². The van der Waals surface area contributed by atoms with Gasteiger partial charge in [-0.05, 0) is 31.2 Å². The van der Waals surface area contributed by atoms with Gasteiger partial charge in [-0.1, -0.05) is 29.3 Å². The number of anilines is 1. The minimum absolute atomic E-state index is 0.0830. The molecule has 1 aromatic heterocycles. The summed E-state index contributed by atoms with van der Waals surface area (Å²) in [7, 11) is 0. The van der Waals surface area contributed by atoms with Gasteiger partial charge in [-0.25, -0.2) is 4.98 Å². The zero-order chi connectivity index (χ0) is 13.7. The van der Waals surface area contributed by atoms with Gasteiger partial charge in [-0.3, -0.25) is 4.79 Å². The predicted molar refractivity (Wildman–Crippen MR) is 79.8 cm³/mol. The fraction of sp³-hybridized carbons (Fsp3) is 0.143.